The molecule has 1 aliphatic heterocycles. The van der Waals surface area contributed by atoms with E-state index in [-0.39, 0.29) is 17.9 Å². The molecule has 1 aliphatic carbocycles. The number of hydrogen-bond acceptors (Lipinski definition) is 5. The molecular weight excluding hydrogens is 464 g/mol. The van der Waals surface area contributed by atoms with Gasteiger partial charge in [-0.1, -0.05) is 50.3 Å². The van der Waals surface area contributed by atoms with Crippen LogP contribution in [0.3, 0.4) is 0 Å². The second-order valence-corrected chi connectivity index (χ2v) is 11.1. The SMILES string of the molecule is C=CCN1CC[C@@]2(c3cccc(OC(C)=O)c3)C[C@@H](N(CC(C)C)C(=O)c3ccccc3)CC[C@]2(O)C1. The van der Waals surface area contributed by atoms with Crippen LogP contribution in [0.4, 0.5) is 0 Å². The van der Waals surface area contributed by atoms with E-state index in [9.17, 15) is 14.7 Å². The lowest BCUT2D eigenvalue weighted by Crippen LogP contribution is -2.67. The van der Waals surface area contributed by atoms with Crippen LogP contribution in [0.15, 0.2) is 67.3 Å². The lowest BCUT2D eigenvalue weighted by atomic mass is 9.55. The molecule has 6 nitrogen and oxygen atoms in total. The lowest BCUT2D eigenvalue weighted by molar-refractivity contribution is -0.132. The summed E-state index contributed by atoms with van der Waals surface area (Å²) in [7, 11) is 0. The van der Waals surface area contributed by atoms with Gasteiger partial charge >= 0.3 is 5.97 Å². The largest absolute Gasteiger partial charge is 0.427 e. The van der Waals surface area contributed by atoms with Gasteiger partial charge in [0.05, 0.1) is 5.60 Å². The number of hydrogen-bond donors (Lipinski definition) is 1. The van der Waals surface area contributed by atoms with Crippen molar-refractivity contribution in [1.29, 1.82) is 0 Å². The summed E-state index contributed by atoms with van der Waals surface area (Å²) in [5, 5.41) is 12.3. The Kier molecular flexibility index (Phi) is 8.20. The highest BCUT2D eigenvalue weighted by Crippen LogP contribution is 2.53. The smallest absolute Gasteiger partial charge is 0.308 e. The van der Waals surface area contributed by atoms with E-state index in [1.165, 1.54) is 6.92 Å². The Bertz CT molecular complexity index is 1120. The van der Waals surface area contributed by atoms with Crippen molar-refractivity contribution in [2.75, 3.05) is 26.2 Å². The zero-order chi connectivity index (χ0) is 26.6. The van der Waals surface area contributed by atoms with Gasteiger partial charge in [-0.2, -0.15) is 0 Å². The number of rotatable bonds is 8. The van der Waals surface area contributed by atoms with Gasteiger partial charge in [0.15, 0.2) is 0 Å². The first-order chi connectivity index (χ1) is 17.7. The van der Waals surface area contributed by atoms with E-state index in [0.717, 1.165) is 31.5 Å². The van der Waals surface area contributed by atoms with Crippen LogP contribution in [0, 0.1) is 5.92 Å². The number of esters is 1. The molecule has 2 aliphatic rings. The quantitative estimate of drug-likeness (QED) is 0.317. The molecule has 1 saturated heterocycles. The molecule has 0 unspecified atom stereocenters. The Labute approximate surface area is 220 Å². The average Bonchev–Trinajstić information content (AvgIpc) is 2.87. The highest BCUT2D eigenvalue weighted by atomic mass is 16.5. The maximum atomic E-state index is 13.8. The zero-order valence-corrected chi connectivity index (χ0v) is 22.4. The summed E-state index contributed by atoms with van der Waals surface area (Å²) in [5.41, 5.74) is 0.110. The number of nitrogens with zero attached hydrogens (tertiary/aromatic N) is 2. The molecule has 0 radical (unpaired) electrons. The van der Waals surface area contributed by atoms with Crippen molar-refractivity contribution in [3.8, 4) is 5.75 Å². The zero-order valence-electron chi connectivity index (χ0n) is 22.4. The number of aliphatic hydroxyl groups is 1. The Hall–Kier alpha value is -2.96. The molecule has 0 bridgehead atoms. The van der Waals surface area contributed by atoms with Crippen LogP contribution >= 0.6 is 0 Å². The number of carbonyl (C=O) groups is 2. The highest BCUT2D eigenvalue weighted by molar-refractivity contribution is 5.94. The van der Waals surface area contributed by atoms with Crippen LogP contribution in [0.5, 0.6) is 5.75 Å². The van der Waals surface area contributed by atoms with E-state index < -0.39 is 11.0 Å². The molecule has 2 aromatic carbocycles. The number of ether oxygens (including phenoxy) is 1. The number of piperidine rings is 1. The molecule has 3 atom stereocenters. The first-order valence-electron chi connectivity index (χ1n) is 13.4. The second-order valence-electron chi connectivity index (χ2n) is 11.1. The summed E-state index contributed by atoms with van der Waals surface area (Å²) in [6, 6.07) is 17.1. The standard InChI is InChI=1S/C31H40N2O4/c1-5-17-32-18-16-30(26-12-9-13-28(19-26)37-24(4)34)20-27(14-15-31(30,36)22-32)33(21-23(2)3)29(35)25-10-7-6-8-11-25/h5-13,19,23,27,36H,1,14-18,20-22H2,2-4H3/t27-,30-,31-/m0/s1. The molecule has 6 heteroatoms. The van der Waals surface area contributed by atoms with Crippen molar-refractivity contribution in [3.05, 3.63) is 78.4 Å². The number of benzene rings is 2. The van der Waals surface area contributed by atoms with Crippen molar-refractivity contribution < 1.29 is 19.4 Å². The van der Waals surface area contributed by atoms with Crippen LogP contribution in [-0.2, 0) is 10.2 Å². The van der Waals surface area contributed by atoms with E-state index in [4.69, 9.17) is 4.74 Å². The third-order valence-corrected chi connectivity index (χ3v) is 8.03. The van der Waals surface area contributed by atoms with Gasteiger partial charge in [-0.3, -0.25) is 14.5 Å². The Balaban J connectivity index is 1.75. The summed E-state index contributed by atoms with van der Waals surface area (Å²) in [6.45, 7) is 12.3. The summed E-state index contributed by atoms with van der Waals surface area (Å²) in [6.07, 6.45) is 4.59. The fraction of sp³-hybridized carbons (Fsp3) is 0.484. The maximum Gasteiger partial charge on any atom is 0.308 e. The molecule has 1 amide bonds. The number of amides is 1. The molecule has 0 spiro atoms. The van der Waals surface area contributed by atoms with Crippen LogP contribution in [0.2, 0.25) is 0 Å². The van der Waals surface area contributed by atoms with Gasteiger partial charge in [-0.15, -0.1) is 6.58 Å². The van der Waals surface area contributed by atoms with E-state index in [0.29, 0.717) is 43.2 Å². The van der Waals surface area contributed by atoms with Gasteiger partial charge in [0.2, 0.25) is 0 Å². The highest BCUT2D eigenvalue weighted by Gasteiger charge is 2.58. The van der Waals surface area contributed by atoms with Gasteiger partial charge in [-0.25, -0.2) is 0 Å². The Morgan fingerprint density at radius 3 is 2.62 bits per heavy atom. The van der Waals surface area contributed by atoms with Gasteiger partial charge < -0.3 is 14.7 Å². The van der Waals surface area contributed by atoms with E-state index >= 15 is 0 Å². The Morgan fingerprint density at radius 2 is 1.95 bits per heavy atom. The normalized spacial score (nSPS) is 25.8. The summed E-state index contributed by atoms with van der Waals surface area (Å²) >= 11 is 0. The summed E-state index contributed by atoms with van der Waals surface area (Å²) < 4.78 is 5.43. The molecule has 1 saturated carbocycles. The fourth-order valence-electron chi connectivity index (χ4n) is 6.40. The van der Waals surface area contributed by atoms with E-state index in [2.05, 4.69) is 25.3 Å². The molecule has 1 heterocycles. The molecule has 4 rings (SSSR count). The fourth-order valence-corrected chi connectivity index (χ4v) is 6.40. The topological polar surface area (TPSA) is 70.1 Å². The predicted octanol–water partition coefficient (Wildman–Crippen LogP) is 4.82. The van der Waals surface area contributed by atoms with Gasteiger partial charge in [0, 0.05) is 43.6 Å². The lowest BCUT2D eigenvalue weighted by Gasteiger charge is -2.59. The van der Waals surface area contributed by atoms with Crippen LogP contribution < -0.4 is 4.74 Å². The minimum atomic E-state index is -0.973. The van der Waals surface area contributed by atoms with Gasteiger partial charge in [-0.05, 0) is 68.0 Å². The number of fused-ring (bicyclic) bond motifs is 1. The molecule has 2 fully saturated rings. The molecule has 198 valence electrons. The first-order valence-corrected chi connectivity index (χ1v) is 13.4. The van der Waals surface area contributed by atoms with Crippen molar-refractivity contribution in [2.45, 2.75) is 63.5 Å². The number of likely N-dealkylation sites (tertiary alicyclic amines) is 1. The molecule has 0 aromatic heterocycles. The van der Waals surface area contributed by atoms with Crippen molar-refractivity contribution in [2.24, 2.45) is 5.92 Å². The van der Waals surface area contributed by atoms with E-state index in [1.54, 1.807) is 6.07 Å². The number of carbonyl (C=O) groups excluding carboxylic acids is 2. The first kappa shape index (κ1) is 27.1. The van der Waals surface area contributed by atoms with Crippen LogP contribution in [0.1, 0.15) is 62.4 Å². The van der Waals surface area contributed by atoms with E-state index in [1.807, 2.05) is 59.5 Å². The number of β-amino-alcohol motifs (C(OH)–C–C–N with tert-alkyl or cyclic N) is 1. The second kappa shape index (κ2) is 11.2. The summed E-state index contributed by atoms with van der Waals surface area (Å²) in [4.78, 5) is 29.7. The third kappa shape index (κ3) is 5.65. The average molecular weight is 505 g/mol. The molecule has 1 N–H and O–H groups in total. The monoisotopic (exact) mass is 504 g/mol. The minimum absolute atomic E-state index is 0.0151. The van der Waals surface area contributed by atoms with Crippen molar-refractivity contribution in [3.63, 3.8) is 0 Å². The van der Waals surface area contributed by atoms with Crippen LogP contribution in [0.25, 0.3) is 0 Å². The third-order valence-electron chi connectivity index (χ3n) is 8.03. The molecule has 37 heavy (non-hydrogen) atoms. The summed E-state index contributed by atoms with van der Waals surface area (Å²) in [5.74, 6) is 0.462. The minimum Gasteiger partial charge on any atom is -0.427 e. The van der Waals surface area contributed by atoms with Gasteiger partial charge in [0.25, 0.3) is 5.91 Å². The molecule has 2 aromatic rings. The van der Waals surface area contributed by atoms with Crippen molar-refractivity contribution >= 4 is 11.9 Å². The van der Waals surface area contributed by atoms with Crippen molar-refractivity contribution in [1.82, 2.24) is 9.80 Å². The van der Waals surface area contributed by atoms with Crippen LogP contribution in [-0.4, -0.2) is 64.6 Å². The molecular formula is C31H40N2O4. The predicted molar refractivity (Wildman–Crippen MR) is 146 cm³/mol. The maximum absolute atomic E-state index is 13.8. The Morgan fingerprint density at radius 1 is 1.19 bits per heavy atom. The van der Waals surface area contributed by atoms with Gasteiger partial charge in [0.1, 0.15) is 5.75 Å².